The molecule has 0 atom stereocenters. The van der Waals surface area contributed by atoms with Crippen LogP contribution in [0, 0.1) is 0 Å². The summed E-state index contributed by atoms with van der Waals surface area (Å²) in [5.74, 6) is 0. The number of nitrogens with zero attached hydrogens (tertiary/aromatic N) is 1. The van der Waals surface area contributed by atoms with Crippen LogP contribution in [0.1, 0.15) is 19.8 Å². The molecule has 0 aromatic carbocycles. The largest absolute Gasteiger partial charge is 0.487 e. The van der Waals surface area contributed by atoms with Gasteiger partial charge in [0, 0.05) is 13.6 Å². The van der Waals surface area contributed by atoms with Crippen LogP contribution in [0.2, 0.25) is 0 Å². The zero-order valence-corrected chi connectivity index (χ0v) is 6.74. The van der Waals surface area contributed by atoms with Crippen molar-refractivity contribution in [3.05, 3.63) is 0 Å². The van der Waals surface area contributed by atoms with E-state index in [1.54, 1.807) is 11.9 Å². The molecule has 0 aliphatic heterocycles. The lowest BCUT2D eigenvalue weighted by Crippen LogP contribution is -2.25. The third-order valence-electron chi connectivity index (χ3n) is 1.17. The molecule has 0 radical (unpaired) electrons. The Hall–Kier alpha value is -0.310. The van der Waals surface area contributed by atoms with E-state index in [9.17, 15) is 0 Å². The Balaban J connectivity index is 3.27. The molecule has 9 heavy (non-hydrogen) atoms. The monoisotopic (exact) mass is 147 g/mol. The molecule has 1 N–H and O–H groups in total. The van der Waals surface area contributed by atoms with Gasteiger partial charge in [-0.25, -0.2) is 0 Å². The van der Waals surface area contributed by atoms with Gasteiger partial charge in [-0.2, -0.15) is 0 Å². The Morgan fingerprint density at radius 1 is 1.67 bits per heavy atom. The molecule has 0 heterocycles. The van der Waals surface area contributed by atoms with Gasteiger partial charge in [-0.15, -0.1) is 0 Å². The molecular formula is C6H13NOS. The average molecular weight is 147 g/mol. The molecule has 54 valence electrons. The Bertz CT molecular complexity index is 95.1. The molecule has 0 saturated carbocycles. The number of thiocarbonyl (C=S) groups is 1. The van der Waals surface area contributed by atoms with Gasteiger partial charge in [-0.05, 0) is 18.6 Å². The fourth-order valence-electron chi connectivity index (χ4n) is 0.491. The first-order chi connectivity index (χ1) is 4.18. The normalized spacial score (nSPS) is 9.11. The predicted octanol–water partition coefficient (Wildman–Crippen LogP) is 1.56. The second kappa shape index (κ2) is 4.56. The van der Waals surface area contributed by atoms with E-state index in [0.717, 1.165) is 19.4 Å². The van der Waals surface area contributed by atoms with E-state index < -0.39 is 0 Å². The third-order valence-corrected chi connectivity index (χ3v) is 1.49. The first-order valence-corrected chi connectivity index (χ1v) is 3.53. The number of hydrogen-bond acceptors (Lipinski definition) is 1. The molecule has 2 nitrogen and oxygen atoms in total. The quantitative estimate of drug-likeness (QED) is 0.613. The summed E-state index contributed by atoms with van der Waals surface area (Å²) in [4.78, 5) is 1.67. The van der Waals surface area contributed by atoms with Crippen molar-refractivity contribution < 1.29 is 5.11 Å². The number of rotatable bonds is 3. The van der Waals surface area contributed by atoms with E-state index in [4.69, 9.17) is 5.11 Å². The minimum Gasteiger partial charge on any atom is -0.487 e. The molecule has 0 bridgehead atoms. The van der Waals surface area contributed by atoms with Crippen LogP contribution in [0.25, 0.3) is 0 Å². The molecule has 0 fully saturated rings. The minimum atomic E-state index is -0.0107. The van der Waals surface area contributed by atoms with E-state index in [0.29, 0.717) is 0 Å². The van der Waals surface area contributed by atoms with E-state index in [-0.39, 0.29) is 5.17 Å². The van der Waals surface area contributed by atoms with E-state index >= 15 is 0 Å². The van der Waals surface area contributed by atoms with Crippen LogP contribution >= 0.6 is 12.2 Å². The van der Waals surface area contributed by atoms with Gasteiger partial charge in [0.15, 0.2) is 0 Å². The van der Waals surface area contributed by atoms with Crippen LogP contribution in [0.3, 0.4) is 0 Å². The van der Waals surface area contributed by atoms with Crippen molar-refractivity contribution in [3.8, 4) is 0 Å². The highest BCUT2D eigenvalue weighted by atomic mass is 32.1. The van der Waals surface area contributed by atoms with E-state index in [1.165, 1.54) is 0 Å². The molecule has 0 unspecified atom stereocenters. The van der Waals surface area contributed by atoms with Crippen LogP contribution < -0.4 is 0 Å². The Kier molecular flexibility index (Phi) is 4.40. The maximum absolute atomic E-state index is 8.70. The molecule has 0 spiro atoms. The lowest BCUT2D eigenvalue weighted by Gasteiger charge is -2.13. The molecule has 0 rings (SSSR count). The molecule has 0 aromatic heterocycles. The summed E-state index contributed by atoms with van der Waals surface area (Å²) in [6.07, 6.45) is 2.21. The Morgan fingerprint density at radius 2 is 2.22 bits per heavy atom. The number of unbranched alkanes of at least 4 members (excludes halogenated alkanes) is 1. The van der Waals surface area contributed by atoms with Gasteiger partial charge in [0.05, 0.1) is 0 Å². The summed E-state index contributed by atoms with van der Waals surface area (Å²) in [5.41, 5.74) is 0. The van der Waals surface area contributed by atoms with Crippen molar-refractivity contribution >= 4 is 17.4 Å². The summed E-state index contributed by atoms with van der Waals surface area (Å²) in [6, 6.07) is 0. The summed E-state index contributed by atoms with van der Waals surface area (Å²) in [7, 11) is 1.79. The fourth-order valence-corrected chi connectivity index (χ4v) is 0.582. The second-order valence-corrected chi connectivity index (χ2v) is 2.42. The van der Waals surface area contributed by atoms with Gasteiger partial charge < -0.3 is 10.0 Å². The topological polar surface area (TPSA) is 23.5 Å². The predicted molar refractivity (Wildman–Crippen MR) is 42.8 cm³/mol. The number of aliphatic hydroxyl groups is 1. The van der Waals surface area contributed by atoms with Crippen molar-refractivity contribution in [2.75, 3.05) is 13.6 Å². The zero-order valence-electron chi connectivity index (χ0n) is 5.92. The van der Waals surface area contributed by atoms with Gasteiger partial charge in [-0.1, -0.05) is 13.3 Å². The maximum atomic E-state index is 8.70. The SMILES string of the molecule is CCCCN(C)C(O)=S. The van der Waals surface area contributed by atoms with E-state index in [2.05, 4.69) is 19.1 Å². The number of aliphatic hydroxyl groups excluding tert-OH is 1. The second-order valence-electron chi connectivity index (χ2n) is 2.06. The standard InChI is InChI=1S/C6H13NOS/c1-3-4-5-7(2)6(8)9/h3-5H2,1-2H3,(H,8,9). The van der Waals surface area contributed by atoms with Crippen LogP contribution in [-0.4, -0.2) is 28.8 Å². The van der Waals surface area contributed by atoms with Crippen LogP contribution in [-0.2, 0) is 0 Å². The third kappa shape index (κ3) is 4.21. The van der Waals surface area contributed by atoms with Gasteiger partial charge in [0.2, 0.25) is 0 Å². The summed E-state index contributed by atoms with van der Waals surface area (Å²) < 4.78 is 0. The number of hydrogen-bond donors (Lipinski definition) is 1. The fraction of sp³-hybridized carbons (Fsp3) is 0.833. The van der Waals surface area contributed by atoms with Crippen molar-refractivity contribution in [1.82, 2.24) is 4.90 Å². The van der Waals surface area contributed by atoms with Crippen LogP contribution in [0.15, 0.2) is 0 Å². The lowest BCUT2D eigenvalue weighted by atomic mass is 10.3. The average Bonchev–Trinajstić information content (AvgIpc) is 1.82. The summed E-state index contributed by atoms with van der Waals surface area (Å²) in [6.45, 7) is 2.96. The smallest absolute Gasteiger partial charge is 0.256 e. The first kappa shape index (κ1) is 8.69. The van der Waals surface area contributed by atoms with Crippen molar-refractivity contribution in [3.63, 3.8) is 0 Å². The van der Waals surface area contributed by atoms with E-state index in [1.807, 2.05) is 0 Å². The summed E-state index contributed by atoms with van der Waals surface area (Å²) in [5, 5.41) is 8.69. The highest BCUT2D eigenvalue weighted by molar-refractivity contribution is 7.79. The molecule has 0 aromatic rings. The van der Waals surface area contributed by atoms with Crippen molar-refractivity contribution in [2.45, 2.75) is 19.8 Å². The van der Waals surface area contributed by atoms with Gasteiger partial charge >= 0.3 is 0 Å². The lowest BCUT2D eigenvalue weighted by molar-refractivity contribution is 0.388. The molecule has 0 aliphatic rings. The van der Waals surface area contributed by atoms with Gasteiger partial charge in [0.25, 0.3) is 5.17 Å². The minimum absolute atomic E-state index is 0.0107. The highest BCUT2D eigenvalue weighted by Gasteiger charge is 1.97. The molecule has 0 saturated heterocycles. The van der Waals surface area contributed by atoms with Gasteiger partial charge in [-0.3, -0.25) is 0 Å². The summed E-state index contributed by atoms with van der Waals surface area (Å²) >= 11 is 4.51. The van der Waals surface area contributed by atoms with Crippen molar-refractivity contribution in [2.24, 2.45) is 0 Å². The molecule has 3 heteroatoms. The van der Waals surface area contributed by atoms with Gasteiger partial charge in [0.1, 0.15) is 0 Å². The van der Waals surface area contributed by atoms with Crippen LogP contribution in [0.4, 0.5) is 0 Å². The molecule has 0 aliphatic carbocycles. The van der Waals surface area contributed by atoms with Crippen LogP contribution in [0.5, 0.6) is 0 Å². The Morgan fingerprint density at radius 3 is 2.56 bits per heavy atom. The highest BCUT2D eigenvalue weighted by Crippen LogP contribution is 1.91. The zero-order chi connectivity index (χ0) is 7.28. The Labute approximate surface area is 61.5 Å². The molecular weight excluding hydrogens is 134 g/mol. The first-order valence-electron chi connectivity index (χ1n) is 3.12. The molecule has 0 amide bonds. The van der Waals surface area contributed by atoms with Crippen molar-refractivity contribution in [1.29, 1.82) is 0 Å². The maximum Gasteiger partial charge on any atom is 0.256 e.